The maximum atomic E-state index is 11.7. The molecule has 0 atom stereocenters. The van der Waals surface area contributed by atoms with Crippen molar-refractivity contribution < 1.29 is 13.3 Å². The summed E-state index contributed by atoms with van der Waals surface area (Å²) in [5.41, 5.74) is -0.123. The summed E-state index contributed by atoms with van der Waals surface area (Å²) in [5, 5.41) is 14.2. The zero-order valence-corrected chi connectivity index (χ0v) is 15.1. The predicted molar refractivity (Wildman–Crippen MR) is 93.2 cm³/mol. The minimum atomic E-state index is -3.21. The van der Waals surface area contributed by atoms with Crippen LogP contribution in [0.4, 0.5) is 17.5 Å². The zero-order valence-electron chi connectivity index (χ0n) is 14.3. The monoisotopic (exact) mass is 370 g/mol. The van der Waals surface area contributed by atoms with Gasteiger partial charge in [0.2, 0.25) is 21.8 Å². The third-order valence-electron chi connectivity index (χ3n) is 4.66. The Hall–Kier alpha value is -2.01. The summed E-state index contributed by atoms with van der Waals surface area (Å²) in [7, 11) is -1.62. The molecule has 11 heteroatoms. The Labute approximate surface area is 146 Å². The fourth-order valence-corrected chi connectivity index (χ4v) is 3.63. The Morgan fingerprint density at radius 2 is 1.96 bits per heavy atom. The number of sulfonamides is 1. The minimum absolute atomic E-state index is 0.0478. The molecule has 3 rings (SSSR count). The molecular weight excluding hydrogens is 348 g/mol. The van der Waals surface area contributed by atoms with E-state index >= 15 is 0 Å². The second-order valence-electron chi connectivity index (χ2n) is 6.58. The van der Waals surface area contributed by atoms with Gasteiger partial charge in [-0.05, 0) is 25.7 Å². The molecule has 0 amide bonds. The van der Waals surface area contributed by atoms with Crippen molar-refractivity contribution in [3.05, 3.63) is 16.3 Å². The van der Waals surface area contributed by atoms with Crippen LogP contribution >= 0.6 is 0 Å². The van der Waals surface area contributed by atoms with Crippen LogP contribution < -0.4 is 10.2 Å². The van der Waals surface area contributed by atoms with Gasteiger partial charge in [-0.2, -0.15) is 4.98 Å². The molecule has 2 aliphatic rings. The van der Waals surface area contributed by atoms with E-state index in [2.05, 4.69) is 15.3 Å². The molecule has 0 bridgehead atoms. The van der Waals surface area contributed by atoms with Gasteiger partial charge in [0.05, 0.1) is 11.2 Å². The number of aromatic nitrogens is 2. The van der Waals surface area contributed by atoms with Crippen LogP contribution in [0.3, 0.4) is 0 Å². The number of hydrogen-bond acceptors (Lipinski definition) is 8. The van der Waals surface area contributed by atoms with Gasteiger partial charge in [0, 0.05) is 32.2 Å². The third-order valence-corrected chi connectivity index (χ3v) is 6.00. The van der Waals surface area contributed by atoms with Crippen LogP contribution in [0.25, 0.3) is 0 Å². The number of piperidine rings is 1. The number of nitrogens with one attached hydrogen (secondary N) is 1. The molecule has 10 nitrogen and oxygen atoms in total. The molecule has 2 heterocycles. The van der Waals surface area contributed by atoms with Crippen LogP contribution in [0.5, 0.6) is 0 Å². The van der Waals surface area contributed by atoms with Gasteiger partial charge in [0.1, 0.15) is 6.20 Å². The molecule has 1 aliphatic heterocycles. The summed E-state index contributed by atoms with van der Waals surface area (Å²) in [4.78, 5) is 21.1. The van der Waals surface area contributed by atoms with Crippen molar-refractivity contribution in [2.45, 2.75) is 37.8 Å². The van der Waals surface area contributed by atoms with Crippen molar-refractivity contribution >= 4 is 27.5 Å². The first-order valence-corrected chi connectivity index (χ1v) is 10.1. The molecule has 25 heavy (non-hydrogen) atoms. The first-order valence-electron chi connectivity index (χ1n) is 8.21. The average molecular weight is 370 g/mol. The number of nitro groups is 1. The second-order valence-corrected chi connectivity index (χ2v) is 8.62. The number of anilines is 2. The molecule has 2 fully saturated rings. The number of nitrogens with zero attached hydrogens (tertiary/aromatic N) is 5. The molecule has 138 valence electrons. The number of hydrogen-bond donors (Lipinski definition) is 1. The molecule has 0 spiro atoms. The fourth-order valence-electron chi connectivity index (χ4n) is 2.88. The van der Waals surface area contributed by atoms with Crippen LogP contribution in [-0.4, -0.2) is 66.1 Å². The summed E-state index contributed by atoms with van der Waals surface area (Å²) in [6.07, 6.45) is 5.74. The lowest BCUT2D eigenvalue weighted by Crippen LogP contribution is -2.45. The Bertz CT molecular complexity index is 759. The van der Waals surface area contributed by atoms with Gasteiger partial charge >= 0.3 is 5.69 Å². The smallest absolute Gasteiger partial charge is 0.329 e. The highest BCUT2D eigenvalue weighted by molar-refractivity contribution is 7.88. The fraction of sp³-hybridized carbons (Fsp3) is 0.714. The van der Waals surface area contributed by atoms with E-state index < -0.39 is 14.9 Å². The molecule has 1 N–H and O–H groups in total. The average Bonchev–Trinajstić information content (AvgIpc) is 3.37. The predicted octanol–water partition coefficient (Wildman–Crippen LogP) is 0.819. The maximum Gasteiger partial charge on any atom is 0.329 e. The van der Waals surface area contributed by atoms with Gasteiger partial charge in [0.15, 0.2) is 0 Å². The summed E-state index contributed by atoms with van der Waals surface area (Å²) in [5.74, 6) is 0.696. The summed E-state index contributed by atoms with van der Waals surface area (Å²) >= 11 is 0. The Kier molecular flexibility index (Phi) is 4.78. The van der Waals surface area contributed by atoms with Crippen molar-refractivity contribution in [3.63, 3.8) is 0 Å². The quantitative estimate of drug-likeness (QED) is 0.577. The highest BCUT2D eigenvalue weighted by Crippen LogP contribution is 2.30. The van der Waals surface area contributed by atoms with Crippen LogP contribution in [0.15, 0.2) is 6.20 Å². The molecule has 0 unspecified atom stereocenters. The molecule has 1 aliphatic carbocycles. The molecule has 1 saturated carbocycles. The van der Waals surface area contributed by atoms with Gasteiger partial charge in [-0.15, -0.1) is 0 Å². The van der Waals surface area contributed by atoms with E-state index in [0.29, 0.717) is 31.9 Å². The Morgan fingerprint density at radius 1 is 1.32 bits per heavy atom. The lowest BCUT2D eigenvalue weighted by Gasteiger charge is -2.35. The largest absolute Gasteiger partial charge is 0.361 e. The first-order chi connectivity index (χ1) is 11.8. The maximum absolute atomic E-state index is 11.7. The second kappa shape index (κ2) is 6.71. The van der Waals surface area contributed by atoms with E-state index in [1.807, 2.05) is 4.90 Å². The Morgan fingerprint density at radius 3 is 2.48 bits per heavy atom. The lowest BCUT2D eigenvalue weighted by atomic mass is 10.1. The molecule has 1 saturated heterocycles. The summed E-state index contributed by atoms with van der Waals surface area (Å²) in [6.45, 7) is 1.20. The van der Waals surface area contributed by atoms with Crippen molar-refractivity contribution in [1.29, 1.82) is 0 Å². The van der Waals surface area contributed by atoms with E-state index in [-0.39, 0.29) is 23.6 Å². The van der Waals surface area contributed by atoms with Gasteiger partial charge in [-0.1, -0.05) is 0 Å². The zero-order chi connectivity index (χ0) is 18.2. The van der Waals surface area contributed by atoms with Crippen molar-refractivity contribution in [1.82, 2.24) is 14.3 Å². The first kappa shape index (κ1) is 17.8. The lowest BCUT2D eigenvalue weighted by molar-refractivity contribution is -0.384. The van der Waals surface area contributed by atoms with Gasteiger partial charge in [-0.25, -0.2) is 17.7 Å². The van der Waals surface area contributed by atoms with E-state index in [0.717, 1.165) is 12.8 Å². The van der Waals surface area contributed by atoms with Crippen LogP contribution in [-0.2, 0) is 10.0 Å². The minimum Gasteiger partial charge on any atom is -0.361 e. The SMILES string of the molecule is CN(C1CCN(c2ncc([N+](=O)[O-])c(NC3CC3)n2)CC1)S(C)(=O)=O. The number of rotatable bonds is 6. The van der Waals surface area contributed by atoms with Gasteiger partial charge in [0.25, 0.3) is 0 Å². The Balaban J connectivity index is 1.71. The normalized spacial score (nSPS) is 19.2. The van der Waals surface area contributed by atoms with Crippen LogP contribution in [0.1, 0.15) is 25.7 Å². The highest BCUT2D eigenvalue weighted by atomic mass is 32.2. The molecule has 1 aromatic heterocycles. The van der Waals surface area contributed by atoms with Crippen molar-refractivity contribution in [2.24, 2.45) is 0 Å². The van der Waals surface area contributed by atoms with Crippen LogP contribution in [0.2, 0.25) is 0 Å². The standard InChI is InChI=1S/C14H22N6O4S/c1-18(25(2,23)24)11-5-7-19(8-6-11)14-15-9-12(20(21)22)13(17-14)16-10-3-4-10/h9-11H,3-8H2,1-2H3,(H,15,16,17). The molecular formula is C14H22N6O4S. The van der Waals surface area contributed by atoms with Gasteiger partial charge in [-0.3, -0.25) is 10.1 Å². The van der Waals surface area contributed by atoms with E-state index in [4.69, 9.17) is 0 Å². The topological polar surface area (TPSA) is 122 Å². The van der Waals surface area contributed by atoms with Crippen LogP contribution in [0, 0.1) is 10.1 Å². The van der Waals surface area contributed by atoms with Gasteiger partial charge < -0.3 is 10.2 Å². The molecule has 0 radical (unpaired) electrons. The highest BCUT2D eigenvalue weighted by Gasteiger charge is 2.30. The van der Waals surface area contributed by atoms with E-state index in [1.165, 1.54) is 16.8 Å². The summed E-state index contributed by atoms with van der Waals surface area (Å²) < 4.78 is 24.7. The van der Waals surface area contributed by atoms with E-state index in [1.54, 1.807) is 7.05 Å². The van der Waals surface area contributed by atoms with Crippen molar-refractivity contribution in [3.8, 4) is 0 Å². The van der Waals surface area contributed by atoms with E-state index in [9.17, 15) is 18.5 Å². The molecule has 1 aromatic rings. The summed E-state index contributed by atoms with van der Waals surface area (Å²) in [6, 6.07) is 0.198. The molecule has 0 aromatic carbocycles. The third kappa shape index (κ3) is 4.15. The van der Waals surface area contributed by atoms with Crippen molar-refractivity contribution in [2.75, 3.05) is 36.6 Å².